The lowest BCUT2D eigenvalue weighted by Gasteiger charge is -2.16. The lowest BCUT2D eigenvalue weighted by molar-refractivity contribution is 0.667. The van der Waals surface area contributed by atoms with Crippen LogP contribution in [0, 0.1) is 0 Å². The molecule has 58 heavy (non-hydrogen) atoms. The Hall–Kier alpha value is -8.24. The summed E-state index contributed by atoms with van der Waals surface area (Å²) in [5, 5.41) is 3.52. The highest BCUT2D eigenvalue weighted by atomic mass is 16.3. The maximum absolute atomic E-state index is 6.61. The van der Waals surface area contributed by atoms with E-state index in [4.69, 9.17) is 37.6 Å². The highest BCUT2D eigenvalue weighted by Gasteiger charge is 2.28. The van der Waals surface area contributed by atoms with Gasteiger partial charge in [-0.3, -0.25) is 19.9 Å². The van der Waals surface area contributed by atoms with Crippen LogP contribution in [0.2, 0.25) is 0 Å². The lowest BCUT2D eigenvalue weighted by atomic mass is 9.97. The lowest BCUT2D eigenvalue weighted by Crippen LogP contribution is -2.02. The van der Waals surface area contributed by atoms with Crippen molar-refractivity contribution in [3.05, 3.63) is 146 Å². The Morgan fingerprint density at radius 3 is 1.14 bits per heavy atom. The van der Waals surface area contributed by atoms with Gasteiger partial charge in [0.05, 0.1) is 0 Å². The molecule has 0 saturated carbocycles. The van der Waals surface area contributed by atoms with E-state index in [0.717, 1.165) is 65.9 Å². The quantitative estimate of drug-likeness (QED) is 0.171. The Morgan fingerprint density at radius 1 is 0.276 bits per heavy atom. The van der Waals surface area contributed by atoms with Crippen molar-refractivity contribution in [3.63, 3.8) is 0 Å². The molecule has 13 rings (SSSR count). The second kappa shape index (κ2) is 11.6. The molecule has 0 unspecified atom stereocenters. The molecule has 0 amide bonds. The first-order valence-electron chi connectivity index (χ1n) is 18.8. The number of hydrogen-bond acceptors (Lipinski definition) is 10. The Morgan fingerprint density at radius 2 is 0.655 bits per heavy atom. The zero-order chi connectivity index (χ0) is 37.9. The molecule has 10 nitrogen and oxygen atoms in total. The van der Waals surface area contributed by atoms with Crippen LogP contribution >= 0.6 is 0 Å². The van der Waals surface area contributed by atoms with Gasteiger partial charge in [0.15, 0.2) is 22.3 Å². The van der Waals surface area contributed by atoms with E-state index >= 15 is 0 Å². The monoisotopic (exact) mass is 748 g/mol. The number of rotatable bonds is 4. The first-order chi connectivity index (χ1) is 28.8. The van der Waals surface area contributed by atoms with Gasteiger partial charge in [0.2, 0.25) is 0 Å². The highest BCUT2D eigenvalue weighted by molar-refractivity contribution is 6.14. The molecule has 9 heterocycles. The van der Waals surface area contributed by atoms with Gasteiger partial charge in [-0.05, 0) is 84.9 Å². The van der Waals surface area contributed by atoms with Gasteiger partial charge in [0.1, 0.15) is 67.2 Å². The average molecular weight is 749 g/mol. The van der Waals surface area contributed by atoms with Gasteiger partial charge in [-0.25, -0.2) is 9.97 Å². The summed E-state index contributed by atoms with van der Waals surface area (Å²) < 4.78 is 26.4. The molecule has 9 aromatic heterocycles. The van der Waals surface area contributed by atoms with Crippen molar-refractivity contribution < 1.29 is 17.7 Å². The van der Waals surface area contributed by atoms with E-state index in [1.165, 1.54) is 0 Å². The van der Waals surface area contributed by atoms with Gasteiger partial charge < -0.3 is 17.7 Å². The van der Waals surface area contributed by atoms with Crippen LogP contribution in [0.25, 0.3) is 133 Å². The Labute approximate surface area is 326 Å². The Bertz CT molecular complexity index is 3340. The van der Waals surface area contributed by atoms with Crippen LogP contribution in [0.3, 0.4) is 0 Å². The van der Waals surface area contributed by atoms with Gasteiger partial charge in [0, 0.05) is 68.6 Å². The molecule has 13 aromatic rings. The number of hydrogen-bond donors (Lipinski definition) is 0. The second-order valence-corrected chi connectivity index (χ2v) is 14.2. The smallest absolute Gasteiger partial charge is 0.163 e. The van der Waals surface area contributed by atoms with Crippen LogP contribution in [0.15, 0.2) is 164 Å². The zero-order valence-electron chi connectivity index (χ0n) is 30.2. The number of nitrogens with zero attached hydrogens (tertiary/aromatic N) is 6. The van der Waals surface area contributed by atoms with E-state index in [1.807, 2.05) is 121 Å². The summed E-state index contributed by atoms with van der Waals surface area (Å²) in [5.74, 6) is 0. The van der Waals surface area contributed by atoms with Gasteiger partial charge in [-0.2, -0.15) is 0 Å². The average Bonchev–Trinajstić information content (AvgIpc) is 4.06. The summed E-state index contributed by atoms with van der Waals surface area (Å²) in [5.41, 5.74) is 13.3. The van der Waals surface area contributed by atoms with Crippen molar-refractivity contribution in [2.24, 2.45) is 0 Å². The molecule has 0 N–H and O–H groups in total. The van der Waals surface area contributed by atoms with E-state index in [9.17, 15) is 0 Å². The van der Waals surface area contributed by atoms with Gasteiger partial charge >= 0.3 is 0 Å². The van der Waals surface area contributed by atoms with Crippen LogP contribution in [0.4, 0.5) is 0 Å². The van der Waals surface area contributed by atoms with Crippen molar-refractivity contribution in [2.75, 3.05) is 0 Å². The molecule has 0 spiro atoms. The SMILES string of the molecule is c1ccc2c(c1)oc1c(-c3nc(-c4ccnc5c4oc4ccccc45)c(-c4cccc5c4oc4cccnc45)nc3-c3cccc4c3oc3cccnc34)ccnc12. The second-order valence-electron chi connectivity index (χ2n) is 14.2. The molecule has 0 saturated heterocycles. The number of furan rings is 4. The first-order valence-corrected chi connectivity index (χ1v) is 18.8. The molecular weight excluding hydrogens is 725 g/mol. The third-order valence-corrected chi connectivity index (χ3v) is 10.9. The fourth-order valence-corrected chi connectivity index (χ4v) is 8.38. The van der Waals surface area contributed by atoms with Gasteiger partial charge in [-0.15, -0.1) is 0 Å². The summed E-state index contributed by atoms with van der Waals surface area (Å²) in [7, 11) is 0. The largest absolute Gasteiger partial charge is 0.454 e. The fourth-order valence-electron chi connectivity index (χ4n) is 8.38. The van der Waals surface area contributed by atoms with E-state index in [-0.39, 0.29) is 0 Å². The molecule has 0 atom stereocenters. The maximum atomic E-state index is 6.61. The topological polar surface area (TPSA) is 130 Å². The molecular formula is C48H24N6O4. The van der Waals surface area contributed by atoms with Crippen molar-refractivity contribution in [1.29, 1.82) is 0 Å². The predicted molar refractivity (Wildman–Crippen MR) is 224 cm³/mol. The first kappa shape index (κ1) is 31.0. The zero-order valence-corrected chi connectivity index (χ0v) is 30.2. The molecule has 0 bridgehead atoms. The van der Waals surface area contributed by atoms with E-state index in [1.54, 1.807) is 24.8 Å². The molecule has 0 aliphatic rings. The number of fused-ring (bicyclic) bond motifs is 12. The van der Waals surface area contributed by atoms with Crippen LogP contribution in [0.1, 0.15) is 0 Å². The molecule has 10 heteroatoms. The normalized spacial score (nSPS) is 12.1. The van der Waals surface area contributed by atoms with Crippen LogP contribution in [-0.2, 0) is 0 Å². The number of benzene rings is 4. The van der Waals surface area contributed by atoms with E-state index in [2.05, 4.69) is 9.97 Å². The van der Waals surface area contributed by atoms with Gasteiger partial charge in [0.25, 0.3) is 0 Å². The van der Waals surface area contributed by atoms with Gasteiger partial charge in [-0.1, -0.05) is 36.4 Å². The molecule has 0 aliphatic heterocycles. The number of aromatic nitrogens is 6. The van der Waals surface area contributed by atoms with E-state index < -0.39 is 0 Å². The van der Waals surface area contributed by atoms with Crippen molar-refractivity contribution >= 4 is 88.3 Å². The fraction of sp³-hybridized carbons (Fsp3) is 0. The third kappa shape index (κ3) is 4.30. The number of pyridine rings is 4. The van der Waals surface area contributed by atoms with Crippen molar-refractivity contribution in [1.82, 2.24) is 29.9 Å². The Kier molecular flexibility index (Phi) is 6.22. The molecule has 0 radical (unpaired) electrons. The maximum Gasteiger partial charge on any atom is 0.163 e. The number of para-hydroxylation sites is 4. The minimum atomic E-state index is 0.561. The van der Waals surface area contributed by atoms with Crippen LogP contribution in [0.5, 0.6) is 0 Å². The van der Waals surface area contributed by atoms with Crippen LogP contribution < -0.4 is 0 Å². The molecule has 270 valence electrons. The van der Waals surface area contributed by atoms with E-state index in [0.29, 0.717) is 67.4 Å². The highest BCUT2D eigenvalue weighted by Crippen LogP contribution is 2.46. The minimum absolute atomic E-state index is 0.561. The Balaban J connectivity index is 1.22. The minimum Gasteiger partial charge on any atom is -0.454 e. The molecule has 4 aromatic carbocycles. The predicted octanol–water partition coefficient (Wildman–Crippen LogP) is 12.3. The van der Waals surface area contributed by atoms with Crippen molar-refractivity contribution in [3.8, 4) is 45.0 Å². The van der Waals surface area contributed by atoms with Crippen LogP contribution in [-0.4, -0.2) is 29.9 Å². The third-order valence-electron chi connectivity index (χ3n) is 10.9. The molecule has 0 aliphatic carbocycles. The summed E-state index contributed by atoms with van der Waals surface area (Å²) in [4.78, 5) is 30.3. The molecule has 0 fully saturated rings. The summed E-state index contributed by atoms with van der Waals surface area (Å²) >= 11 is 0. The summed E-state index contributed by atoms with van der Waals surface area (Å²) in [6.45, 7) is 0. The standard InChI is InChI=1S/C48H24N6O4/c1-3-15-33-25(9-1)43-47(55-33)31(19-23-51-43)41-39(29-13-5-11-27-37-35(57-45(27)29)17-7-21-49-37)53-40(30-14-6-12-28-38-36(58-46(28)30)18-8-22-50-38)42(54-41)32-20-24-52-44-26-10-2-4-16-34(26)56-48(32)44/h1-24H. The van der Waals surface area contributed by atoms with Crippen molar-refractivity contribution in [2.45, 2.75) is 0 Å². The summed E-state index contributed by atoms with van der Waals surface area (Å²) in [6.07, 6.45) is 7.12. The summed E-state index contributed by atoms with van der Waals surface area (Å²) in [6, 6.07) is 39.3.